The summed E-state index contributed by atoms with van der Waals surface area (Å²) in [5.41, 5.74) is 1.16. The van der Waals surface area contributed by atoms with Crippen LogP contribution in [0, 0.1) is 0 Å². The highest BCUT2D eigenvalue weighted by atomic mass is 16.4. The van der Waals surface area contributed by atoms with E-state index in [1.165, 1.54) is 17.1 Å². The molecule has 0 unspecified atom stereocenters. The van der Waals surface area contributed by atoms with Crippen LogP contribution in [0.2, 0.25) is 0 Å². The molecule has 2 amide bonds. The second-order valence-corrected chi connectivity index (χ2v) is 3.95. The normalized spacial score (nSPS) is 10.0. The Kier molecular flexibility index (Phi) is 4.28. The number of hydrogen-bond donors (Lipinski definition) is 3. The van der Waals surface area contributed by atoms with E-state index >= 15 is 0 Å². The molecule has 0 aromatic carbocycles. The second-order valence-electron chi connectivity index (χ2n) is 3.95. The second kappa shape index (κ2) is 6.32. The number of anilines is 1. The number of urea groups is 1. The zero-order valence-corrected chi connectivity index (χ0v) is 10.5. The van der Waals surface area contributed by atoms with Crippen LogP contribution in [0.1, 0.15) is 5.69 Å². The fraction of sp³-hybridized carbons (Fsp3) is 0.167. The largest absolute Gasteiger partial charge is 0.480 e. The molecule has 0 radical (unpaired) electrons. The number of nitrogens with one attached hydrogen (secondary N) is 2. The highest BCUT2D eigenvalue weighted by Crippen LogP contribution is 2.04. The third kappa shape index (κ3) is 4.09. The van der Waals surface area contributed by atoms with Gasteiger partial charge in [0.25, 0.3) is 0 Å². The van der Waals surface area contributed by atoms with E-state index in [1.54, 1.807) is 18.3 Å². The van der Waals surface area contributed by atoms with Crippen LogP contribution in [-0.2, 0) is 17.9 Å². The van der Waals surface area contributed by atoms with Gasteiger partial charge in [-0.15, -0.1) is 0 Å². The monoisotopic (exact) mass is 275 g/mol. The minimum Gasteiger partial charge on any atom is -0.480 e. The molecule has 2 aromatic heterocycles. The number of aliphatic carboxylic acids is 1. The summed E-state index contributed by atoms with van der Waals surface area (Å²) in [5, 5.41) is 17.6. The van der Waals surface area contributed by atoms with Crippen molar-refractivity contribution in [1.82, 2.24) is 20.1 Å². The lowest BCUT2D eigenvalue weighted by Crippen LogP contribution is -2.28. The minimum atomic E-state index is -1.00. The fourth-order valence-corrected chi connectivity index (χ4v) is 1.50. The molecule has 0 saturated carbocycles. The lowest BCUT2D eigenvalue weighted by atomic mass is 10.3. The zero-order chi connectivity index (χ0) is 14.4. The van der Waals surface area contributed by atoms with Crippen molar-refractivity contribution in [2.75, 3.05) is 5.32 Å². The summed E-state index contributed by atoms with van der Waals surface area (Å²) < 4.78 is 1.22. The molecule has 2 rings (SSSR count). The van der Waals surface area contributed by atoms with Gasteiger partial charge >= 0.3 is 12.0 Å². The average molecular weight is 275 g/mol. The van der Waals surface area contributed by atoms with E-state index in [2.05, 4.69) is 20.7 Å². The molecule has 0 saturated heterocycles. The predicted octanol–water partition coefficient (Wildman–Crippen LogP) is 0.684. The first kappa shape index (κ1) is 13.5. The molecule has 0 spiro atoms. The number of carboxylic acids is 1. The molecule has 0 bridgehead atoms. The van der Waals surface area contributed by atoms with E-state index in [0.29, 0.717) is 12.2 Å². The Morgan fingerprint density at radius 2 is 2.20 bits per heavy atom. The Morgan fingerprint density at radius 1 is 1.35 bits per heavy atom. The number of carbonyl (C=O) groups is 2. The van der Waals surface area contributed by atoms with Gasteiger partial charge in [0.2, 0.25) is 0 Å². The summed E-state index contributed by atoms with van der Waals surface area (Å²) in [6.07, 6.45) is 4.46. The standard InChI is InChI=1S/C12H13N5O3/c18-11(19)8-17-7-10(6-15-17)16-12(20)14-5-9-3-1-2-4-13-9/h1-4,6-7H,5,8H2,(H,18,19)(H2,14,16,20). The summed E-state index contributed by atoms with van der Waals surface area (Å²) >= 11 is 0. The van der Waals surface area contributed by atoms with Crippen LogP contribution in [0.15, 0.2) is 36.8 Å². The first-order valence-corrected chi connectivity index (χ1v) is 5.82. The van der Waals surface area contributed by atoms with Crippen LogP contribution in [0.5, 0.6) is 0 Å². The number of nitrogens with zero attached hydrogens (tertiary/aromatic N) is 3. The molecule has 20 heavy (non-hydrogen) atoms. The number of pyridine rings is 1. The molecule has 0 aliphatic rings. The third-order valence-corrected chi connectivity index (χ3v) is 2.34. The Hall–Kier alpha value is -2.90. The van der Waals surface area contributed by atoms with Crippen molar-refractivity contribution >= 4 is 17.7 Å². The highest BCUT2D eigenvalue weighted by molar-refractivity contribution is 5.88. The molecule has 2 aromatic rings. The van der Waals surface area contributed by atoms with Crippen molar-refractivity contribution in [1.29, 1.82) is 0 Å². The van der Waals surface area contributed by atoms with E-state index in [-0.39, 0.29) is 6.54 Å². The van der Waals surface area contributed by atoms with Gasteiger partial charge in [-0.3, -0.25) is 14.5 Å². The topological polar surface area (TPSA) is 109 Å². The van der Waals surface area contributed by atoms with Crippen molar-refractivity contribution in [3.63, 3.8) is 0 Å². The summed E-state index contributed by atoms with van der Waals surface area (Å²) in [7, 11) is 0. The van der Waals surface area contributed by atoms with Gasteiger partial charge in [-0.1, -0.05) is 6.07 Å². The van der Waals surface area contributed by atoms with Crippen LogP contribution in [0.3, 0.4) is 0 Å². The molecular formula is C12H13N5O3. The van der Waals surface area contributed by atoms with Crippen LogP contribution < -0.4 is 10.6 Å². The van der Waals surface area contributed by atoms with Crippen LogP contribution in [0.25, 0.3) is 0 Å². The van der Waals surface area contributed by atoms with E-state index in [9.17, 15) is 9.59 Å². The van der Waals surface area contributed by atoms with Crippen molar-refractivity contribution in [2.24, 2.45) is 0 Å². The molecule has 0 fully saturated rings. The third-order valence-electron chi connectivity index (χ3n) is 2.34. The molecule has 2 heterocycles. The lowest BCUT2D eigenvalue weighted by Gasteiger charge is -2.05. The van der Waals surface area contributed by atoms with E-state index in [1.807, 2.05) is 6.07 Å². The Balaban J connectivity index is 1.82. The van der Waals surface area contributed by atoms with Crippen LogP contribution in [-0.4, -0.2) is 31.9 Å². The Morgan fingerprint density at radius 3 is 2.90 bits per heavy atom. The summed E-state index contributed by atoms with van der Waals surface area (Å²) in [6.45, 7) is 0.0488. The molecule has 8 heteroatoms. The minimum absolute atomic E-state index is 0.253. The van der Waals surface area contributed by atoms with Gasteiger partial charge in [0.05, 0.1) is 24.1 Å². The van der Waals surface area contributed by atoms with Crippen LogP contribution >= 0.6 is 0 Å². The maximum atomic E-state index is 11.6. The maximum Gasteiger partial charge on any atom is 0.325 e. The maximum absolute atomic E-state index is 11.6. The quantitative estimate of drug-likeness (QED) is 0.743. The summed E-state index contributed by atoms with van der Waals surface area (Å²) in [4.78, 5) is 26.2. The zero-order valence-electron chi connectivity index (χ0n) is 10.5. The van der Waals surface area contributed by atoms with Gasteiger partial charge in [-0.2, -0.15) is 5.10 Å². The molecular weight excluding hydrogens is 262 g/mol. The van der Waals surface area contributed by atoms with Crippen molar-refractivity contribution in [3.05, 3.63) is 42.5 Å². The van der Waals surface area contributed by atoms with Gasteiger partial charge in [-0.05, 0) is 12.1 Å². The van der Waals surface area contributed by atoms with Gasteiger partial charge in [0.15, 0.2) is 0 Å². The number of amides is 2. The first-order valence-electron chi connectivity index (χ1n) is 5.82. The van der Waals surface area contributed by atoms with Crippen LogP contribution in [0.4, 0.5) is 10.5 Å². The molecule has 104 valence electrons. The smallest absolute Gasteiger partial charge is 0.325 e. The lowest BCUT2D eigenvalue weighted by molar-refractivity contribution is -0.137. The summed E-state index contributed by atoms with van der Waals surface area (Å²) in [5.74, 6) is -1.00. The predicted molar refractivity (Wildman–Crippen MR) is 70.0 cm³/mol. The van der Waals surface area contributed by atoms with E-state index < -0.39 is 12.0 Å². The van der Waals surface area contributed by atoms with Crippen molar-refractivity contribution < 1.29 is 14.7 Å². The number of rotatable bonds is 5. The van der Waals surface area contributed by atoms with Gasteiger partial charge in [0.1, 0.15) is 6.54 Å². The molecule has 0 atom stereocenters. The summed E-state index contributed by atoms with van der Waals surface area (Å²) in [6, 6.07) is 5.01. The van der Waals surface area contributed by atoms with Gasteiger partial charge in [-0.25, -0.2) is 4.79 Å². The number of aromatic nitrogens is 3. The number of hydrogen-bond acceptors (Lipinski definition) is 4. The molecule has 0 aliphatic carbocycles. The Labute approximate surface area is 114 Å². The van der Waals surface area contributed by atoms with E-state index in [4.69, 9.17) is 5.11 Å². The molecule has 8 nitrogen and oxygen atoms in total. The Bertz CT molecular complexity index is 596. The first-order chi connectivity index (χ1) is 9.63. The van der Waals surface area contributed by atoms with Gasteiger partial charge in [0, 0.05) is 12.4 Å². The highest BCUT2D eigenvalue weighted by Gasteiger charge is 2.06. The van der Waals surface area contributed by atoms with E-state index in [0.717, 1.165) is 5.69 Å². The molecule has 3 N–H and O–H groups in total. The molecule has 0 aliphatic heterocycles. The number of carboxylic acid groups (broad SMARTS) is 1. The number of carbonyl (C=O) groups excluding carboxylic acids is 1. The fourth-order valence-electron chi connectivity index (χ4n) is 1.50. The SMILES string of the molecule is O=C(O)Cn1cc(NC(=O)NCc2ccccn2)cn1. The van der Waals surface area contributed by atoms with Crippen molar-refractivity contribution in [2.45, 2.75) is 13.1 Å². The van der Waals surface area contributed by atoms with Crippen molar-refractivity contribution in [3.8, 4) is 0 Å². The average Bonchev–Trinajstić information content (AvgIpc) is 2.84. The van der Waals surface area contributed by atoms with Gasteiger partial charge < -0.3 is 15.7 Å².